The van der Waals surface area contributed by atoms with Crippen molar-refractivity contribution in [3.63, 3.8) is 0 Å². The topological polar surface area (TPSA) is 66.8 Å². The summed E-state index contributed by atoms with van der Waals surface area (Å²) in [5.41, 5.74) is -0.0293. The summed E-state index contributed by atoms with van der Waals surface area (Å²) in [6.07, 6.45) is -1.60. The largest absolute Gasteiger partial charge is 0.466 e. The van der Waals surface area contributed by atoms with Crippen molar-refractivity contribution in [2.24, 2.45) is 0 Å². The number of aliphatic hydroxyl groups is 2. The number of esters is 1. The first-order valence-corrected chi connectivity index (χ1v) is 3.62. The fraction of sp³-hybridized carbons (Fsp3) is 0.625. The van der Waals surface area contributed by atoms with Crippen LogP contribution < -0.4 is 0 Å². The number of carbonyl (C=O) groups is 1. The maximum atomic E-state index is 10.8. The molecule has 0 aliphatic rings. The molecule has 0 bridgehead atoms. The van der Waals surface area contributed by atoms with E-state index >= 15 is 0 Å². The maximum Gasteiger partial charge on any atom is 0.335 e. The molecule has 12 heavy (non-hydrogen) atoms. The molecule has 0 aromatic rings. The minimum atomic E-state index is -1.03. The predicted molar refractivity (Wildman–Crippen MR) is 43.5 cm³/mol. The molecule has 0 rings (SSSR count). The second kappa shape index (κ2) is 4.90. The third-order valence-corrected chi connectivity index (χ3v) is 1.41. The molecule has 0 aliphatic heterocycles. The Labute approximate surface area is 71.5 Å². The van der Waals surface area contributed by atoms with E-state index in [0.717, 1.165) is 0 Å². The zero-order valence-electron chi connectivity index (χ0n) is 7.28. The molecular weight excluding hydrogens is 160 g/mol. The summed E-state index contributed by atoms with van der Waals surface area (Å²) < 4.78 is 4.33. The zero-order valence-corrected chi connectivity index (χ0v) is 7.28. The van der Waals surface area contributed by atoms with E-state index in [-0.39, 0.29) is 12.0 Å². The van der Waals surface area contributed by atoms with Crippen molar-refractivity contribution in [3.8, 4) is 0 Å². The van der Waals surface area contributed by atoms with Gasteiger partial charge in [-0.1, -0.05) is 6.58 Å². The molecule has 0 aliphatic carbocycles. The lowest BCUT2D eigenvalue weighted by Gasteiger charge is -2.12. The first-order chi connectivity index (χ1) is 5.49. The van der Waals surface area contributed by atoms with Crippen LogP contribution in [0.5, 0.6) is 0 Å². The number of carbonyl (C=O) groups excluding carboxylic acids is 1. The minimum Gasteiger partial charge on any atom is -0.466 e. The van der Waals surface area contributed by atoms with Gasteiger partial charge < -0.3 is 14.9 Å². The first-order valence-electron chi connectivity index (χ1n) is 3.62. The Hall–Kier alpha value is -0.870. The molecule has 0 aromatic carbocycles. The summed E-state index contributed by atoms with van der Waals surface area (Å²) >= 11 is 0. The lowest BCUT2D eigenvalue weighted by molar-refractivity contribution is -0.137. The summed E-state index contributed by atoms with van der Waals surface area (Å²) in [4.78, 5) is 10.8. The standard InChI is InChI=1S/C8H14O4/c1-5(9)4-7(10)6(2)8(11)12-3/h5,7,9-10H,2,4H2,1,3H3. The van der Waals surface area contributed by atoms with E-state index in [2.05, 4.69) is 11.3 Å². The molecule has 4 nitrogen and oxygen atoms in total. The highest BCUT2D eigenvalue weighted by molar-refractivity contribution is 5.88. The third-order valence-electron chi connectivity index (χ3n) is 1.41. The van der Waals surface area contributed by atoms with Crippen molar-refractivity contribution < 1.29 is 19.7 Å². The molecular formula is C8H14O4. The zero-order chi connectivity index (χ0) is 9.72. The first kappa shape index (κ1) is 11.1. The number of hydrogen-bond donors (Lipinski definition) is 2. The van der Waals surface area contributed by atoms with Gasteiger partial charge in [0.25, 0.3) is 0 Å². The quantitative estimate of drug-likeness (QED) is 0.459. The van der Waals surface area contributed by atoms with Crippen molar-refractivity contribution >= 4 is 5.97 Å². The summed E-state index contributed by atoms with van der Waals surface area (Å²) in [5, 5.41) is 18.1. The van der Waals surface area contributed by atoms with Crippen LogP contribution in [0.2, 0.25) is 0 Å². The maximum absolute atomic E-state index is 10.8. The highest BCUT2D eigenvalue weighted by Gasteiger charge is 2.18. The lowest BCUT2D eigenvalue weighted by Crippen LogP contribution is -2.22. The van der Waals surface area contributed by atoms with E-state index in [9.17, 15) is 9.90 Å². The molecule has 0 amide bonds. The number of aliphatic hydroxyl groups excluding tert-OH is 2. The van der Waals surface area contributed by atoms with Crippen molar-refractivity contribution in [3.05, 3.63) is 12.2 Å². The summed E-state index contributed by atoms with van der Waals surface area (Å²) in [6.45, 7) is 4.86. The molecule has 70 valence electrons. The van der Waals surface area contributed by atoms with E-state index in [0.29, 0.717) is 0 Å². The Bertz CT molecular complexity index is 174. The molecule has 2 N–H and O–H groups in total. The normalized spacial score (nSPS) is 15.0. The van der Waals surface area contributed by atoms with Crippen LogP contribution in [0.25, 0.3) is 0 Å². The van der Waals surface area contributed by atoms with Gasteiger partial charge in [-0.05, 0) is 6.92 Å². The molecule has 2 unspecified atom stereocenters. The van der Waals surface area contributed by atoms with Crippen molar-refractivity contribution in [2.75, 3.05) is 7.11 Å². The van der Waals surface area contributed by atoms with Crippen LogP contribution in [0, 0.1) is 0 Å². The molecule has 0 heterocycles. The van der Waals surface area contributed by atoms with Crippen molar-refractivity contribution in [1.29, 1.82) is 0 Å². The highest BCUT2D eigenvalue weighted by atomic mass is 16.5. The van der Waals surface area contributed by atoms with Crippen LogP contribution in [0.3, 0.4) is 0 Å². The van der Waals surface area contributed by atoms with Crippen molar-refractivity contribution in [2.45, 2.75) is 25.6 Å². The molecule has 0 fully saturated rings. The Morgan fingerprint density at radius 3 is 2.42 bits per heavy atom. The van der Waals surface area contributed by atoms with Gasteiger partial charge in [0.2, 0.25) is 0 Å². The third kappa shape index (κ3) is 3.50. The van der Waals surface area contributed by atoms with E-state index in [1.165, 1.54) is 14.0 Å². The highest BCUT2D eigenvalue weighted by Crippen LogP contribution is 2.08. The number of rotatable bonds is 4. The van der Waals surface area contributed by atoms with Crippen LogP contribution in [0.15, 0.2) is 12.2 Å². The Balaban J connectivity index is 4.01. The minimum absolute atomic E-state index is 0.0293. The summed E-state index contributed by atoms with van der Waals surface area (Å²) in [6, 6.07) is 0. The summed E-state index contributed by atoms with van der Waals surface area (Å²) in [7, 11) is 1.21. The fourth-order valence-corrected chi connectivity index (χ4v) is 0.732. The molecule has 0 radical (unpaired) electrons. The van der Waals surface area contributed by atoms with Crippen LogP contribution in [0.1, 0.15) is 13.3 Å². The van der Waals surface area contributed by atoms with Gasteiger partial charge in [-0.15, -0.1) is 0 Å². The summed E-state index contributed by atoms with van der Waals surface area (Å²) in [5.74, 6) is -0.650. The second-order valence-electron chi connectivity index (χ2n) is 2.62. The number of ether oxygens (including phenoxy) is 1. The van der Waals surface area contributed by atoms with Gasteiger partial charge >= 0.3 is 5.97 Å². The Kier molecular flexibility index (Phi) is 4.54. The van der Waals surface area contributed by atoms with Crippen molar-refractivity contribution in [1.82, 2.24) is 0 Å². The van der Waals surface area contributed by atoms with Gasteiger partial charge in [0.05, 0.1) is 24.9 Å². The van der Waals surface area contributed by atoms with E-state index in [4.69, 9.17) is 5.11 Å². The molecule has 2 atom stereocenters. The molecule has 0 saturated heterocycles. The van der Waals surface area contributed by atoms with E-state index in [1.54, 1.807) is 0 Å². The molecule has 0 saturated carbocycles. The van der Waals surface area contributed by atoms with Gasteiger partial charge in [-0.25, -0.2) is 4.79 Å². The predicted octanol–water partition coefficient (Wildman–Crippen LogP) is -0.153. The molecule has 0 aromatic heterocycles. The lowest BCUT2D eigenvalue weighted by atomic mass is 10.1. The number of hydrogen-bond acceptors (Lipinski definition) is 4. The van der Waals surface area contributed by atoms with E-state index in [1.807, 2.05) is 0 Å². The Morgan fingerprint density at radius 2 is 2.08 bits per heavy atom. The van der Waals surface area contributed by atoms with E-state index < -0.39 is 18.2 Å². The Morgan fingerprint density at radius 1 is 1.58 bits per heavy atom. The van der Waals surface area contributed by atoms with Gasteiger partial charge in [0.15, 0.2) is 0 Å². The average Bonchev–Trinajstić information content (AvgIpc) is 2.00. The van der Waals surface area contributed by atoms with Crippen LogP contribution in [-0.4, -0.2) is 35.5 Å². The van der Waals surface area contributed by atoms with Gasteiger partial charge in [-0.2, -0.15) is 0 Å². The van der Waals surface area contributed by atoms with Crippen LogP contribution in [0.4, 0.5) is 0 Å². The molecule has 4 heteroatoms. The average molecular weight is 174 g/mol. The fourth-order valence-electron chi connectivity index (χ4n) is 0.732. The van der Waals surface area contributed by atoms with Gasteiger partial charge in [0, 0.05) is 6.42 Å². The van der Waals surface area contributed by atoms with Crippen LogP contribution in [-0.2, 0) is 9.53 Å². The van der Waals surface area contributed by atoms with Gasteiger partial charge in [-0.3, -0.25) is 0 Å². The van der Waals surface area contributed by atoms with Gasteiger partial charge in [0.1, 0.15) is 0 Å². The second-order valence-corrected chi connectivity index (χ2v) is 2.62. The smallest absolute Gasteiger partial charge is 0.335 e. The number of methoxy groups -OCH3 is 1. The SMILES string of the molecule is C=C(C(=O)OC)C(O)CC(C)O. The monoisotopic (exact) mass is 174 g/mol. The molecule has 0 spiro atoms. The van der Waals surface area contributed by atoms with Crippen LogP contribution >= 0.6 is 0 Å².